The fourth-order valence-electron chi connectivity index (χ4n) is 3.26. The van der Waals surface area contributed by atoms with Gasteiger partial charge < -0.3 is 5.73 Å². The smallest absolute Gasteiger partial charge is 0.0983 e. The largest absolute Gasteiger partial charge is 0.327 e. The van der Waals surface area contributed by atoms with Crippen molar-refractivity contribution < 1.29 is 0 Å². The van der Waals surface area contributed by atoms with Crippen molar-refractivity contribution in [2.24, 2.45) is 18.2 Å². The van der Waals surface area contributed by atoms with Crippen LogP contribution in [0.3, 0.4) is 0 Å². The van der Waals surface area contributed by atoms with Crippen LogP contribution in [0.5, 0.6) is 0 Å². The maximum atomic E-state index is 6.24. The van der Waals surface area contributed by atoms with Crippen LogP contribution in [0.2, 0.25) is 0 Å². The summed E-state index contributed by atoms with van der Waals surface area (Å²) < 4.78 is 1.89. The molecule has 5 nitrogen and oxygen atoms in total. The Morgan fingerprint density at radius 3 is 2.83 bits per heavy atom. The standard InChI is InChI=1S/C17H25N5.ClH/c1-17(2)12-22(8-6-15(17)18)11-14-10-21(3)20-16(14)13-5-4-7-19-9-13;/h4-5,7,9-10,15H,6,8,11-12,18H2,1-3H3;1H. The quantitative estimate of drug-likeness (QED) is 0.936. The number of likely N-dealkylation sites (tertiary alicyclic amines) is 1. The molecule has 0 amide bonds. The van der Waals surface area contributed by atoms with Gasteiger partial charge in [0.15, 0.2) is 0 Å². The van der Waals surface area contributed by atoms with Crippen molar-refractivity contribution in [3.05, 3.63) is 36.3 Å². The SMILES string of the molecule is Cl.Cn1cc(CN2CCC(N)C(C)(C)C2)c(-c2cccnc2)n1. The van der Waals surface area contributed by atoms with Gasteiger partial charge in [0.1, 0.15) is 0 Å². The van der Waals surface area contributed by atoms with Crippen molar-refractivity contribution in [2.75, 3.05) is 13.1 Å². The molecule has 1 aliphatic rings. The van der Waals surface area contributed by atoms with Crippen molar-refractivity contribution in [3.8, 4) is 11.3 Å². The summed E-state index contributed by atoms with van der Waals surface area (Å²) in [5, 5.41) is 4.62. The van der Waals surface area contributed by atoms with Crippen LogP contribution in [0.15, 0.2) is 30.7 Å². The molecule has 1 unspecified atom stereocenters. The zero-order valence-corrected chi connectivity index (χ0v) is 14.9. The highest BCUT2D eigenvalue weighted by Gasteiger charge is 2.33. The van der Waals surface area contributed by atoms with Gasteiger partial charge in [-0.15, -0.1) is 12.4 Å². The summed E-state index contributed by atoms with van der Waals surface area (Å²) in [6.07, 6.45) is 6.84. The molecule has 3 heterocycles. The van der Waals surface area contributed by atoms with Crippen LogP contribution in [-0.2, 0) is 13.6 Å². The molecule has 3 rings (SSSR count). The van der Waals surface area contributed by atoms with Crippen LogP contribution in [0.4, 0.5) is 0 Å². The first kappa shape index (κ1) is 17.9. The number of nitrogens with two attached hydrogens (primary N) is 1. The summed E-state index contributed by atoms with van der Waals surface area (Å²) in [5.41, 5.74) is 9.76. The molecule has 23 heavy (non-hydrogen) atoms. The van der Waals surface area contributed by atoms with Crippen LogP contribution >= 0.6 is 12.4 Å². The lowest BCUT2D eigenvalue weighted by Crippen LogP contribution is -2.52. The maximum absolute atomic E-state index is 6.24. The van der Waals surface area contributed by atoms with Gasteiger partial charge in [-0.3, -0.25) is 14.6 Å². The van der Waals surface area contributed by atoms with Gasteiger partial charge in [0.2, 0.25) is 0 Å². The zero-order valence-electron chi connectivity index (χ0n) is 14.1. The molecular weight excluding hydrogens is 310 g/mol. The van der Waals surface area contributed by atoms with Crippen molar-refractivity contribution in [3.63, 3.8) is 0 Å². The van der Waals surface area contributed by atoms with Crippen LogP contribution < -0.4 is 5.73 Å². The second-order valence-corrected chi connectivity index (χ2v) is 7.01. The molecule has 0 aliphatic carbocycles. The number of hydrogen-bond acceptors (Lipinski definition) is 4. The van der Waals surface area contributed by atoms with E-state index >= 15 is 0 Å². The number of hydrogen-bond donors (Lipinski definition) is 1. The Morgan fingerprint density at radius 1 is 1.39 bits per heavy atom. The van der Waals surface area contributed by atoms with E-state index in [1.807, 2.05) is 24.0 Å². The molecule has 6 heteroatoms. The van der Waals surface area contributed by atoms with E-state index < -0.39 is 0 Å². The lowest BCUT2D eigenvalue weighted by Gasteiger charge is -2.42. The zero-order chi connectivity index (χ0) is 15.7. The number of aromatic nitrogens is 3. The van der Waals surface area contributed by atoms with Crippen LogP contribution in [0.1, 0.15) is 25.8 Å². The average molecular weight is 336 g/mol. The molecular formula is C17H26ClN5. The van der Waals surface area contributed by atoms with E-state index in [1.165, 1.54) is 5.56 Å². The third kappa shape index (κ3) is 3.91. The van der Waals surface area contributed by atoms with E-state index in [0.717, 1.165) is 37.3 Å². The molecule has 2 aromatic rings. The Kier molecular flexibility index (Phi) is 5.45. The fraction of sp³-hybridized carbons (Fsp3) is 0.529. The van der Waals surface area contributed by atoms with E-state index in [1.54, 1.807) is 6.20 Å². The molecule has 0 spiro atoms. The summed E-state index contributed by atoms with van der Waals surface area (Å²) >= 11 is 0. The van der Waals surface area contributed by atoms with Crippen molar-refractivity contribution in [1.82, 2.24) is 19.7 Å². The molecule has 0 aromatic carbocycles. The van der Waals surface area contributed by atoms with E-state index in [4.69, 9.17) is 5.73 Å². The fourth-order valence-corrected chi connectivity index (χ4v) is 3.26. The molecule has 0 radical (unpaired) electrons. The number of halogens is 1. The van der Waals surface area contributed by atoms with Gasteiger partial charge in [-0.2, -0.15) is 5.10 Å². The predicted octanol–water partition coefficient (Wildman–Crippen LogP) is 2.46. The number of pyridine rings is 1. The Balaban J connectivity index is 0.00000192. The number of piperidine rings is 1. The molecule has 1 saturated heterocycles. The lowest BCUT2D eigenvalue weighted by atomic mass is 9.79. The summed E-state index contributed by atoms with van der Waals surface area (Å²) in [7, 11) is 1.97. The van der Waals surface area contributed by atoms with Gasteiger partial charge in [-0.1, -0.05) is 13.8 Å². The van der Waals surface area contributed by atoms with Gasteiger partial charge in [0.05, 0.1) is 5.69 Å². The van der Waals surface area contributed by atoms with Gasteiger partial charge in [-0.25, -0.2) is 0 Å². The number of nitrogens with zero attached hydrogens (tertiary/aromatic N) is 4. The Bertz CT molecular complexity index is 638. The molecule has 126 valence electrons. The Hall–Kier alpha value is -1.43. The molecule has 0 bridgehead atoms. The molecule has 2 aromatic heterocycles. The van der Waals surface area contributed by atoms with Crippen molar-refractivity contribution >= 4 is 12.4 Å². The van der Waals surface area contributed by atoms with Crippen LogP contribution in [-0.4, -0.2) is 38.8 Å². The summed E-state index contributed by atoms with van der Waals surface area (Å²) in [6.45, 7) is 7.50. The molecule has 1 fully saturated rings. The summed E-state index contributed by atoms with van der Waals surface area (Å²) in [4.78, 5) is 6.70. The normalized spacial score (nSPS) is 21.0. The third-order valence-electron chi connectivity index (χ3n) is 4.62. The van der Waals surface area contributed by atoms with Gasteiger partial charge in [0, 0.05) is 62.4 Å². The van der Waals surface area contributed by atoms with Crippen molar-refractivity contribution in [2.45, 2.75) is 32.9 Å². The summed E-state index contributed by atoms with van der Waals surface area (Å²) in [5.74, 6) is 0. The van der Waals surface area contributed by atoms with E-state index in [0.29, 0.717) is 0 Å². The second kappa shape index (κ2) is 6.99. The van der Waals surface area contributed by atoms with Crippen LogP contribution in [0.25, 0.3) is 11.3 Å². The first-order valence-electron chi connectivity index (χ1n) is 7.86. The number of aryl methyl sites for hydroxylation is 1. The highest BCUT2D eigenvalue weighted by molar-refractivity contribution is 5.85. The third-order valence-corrected chi connectivity index (χ3v) is 4.62. The highest BCUT2D eigenvalue weighted by atomic mass is 35.5. The molecule has 2 N–H and O–H groups in total. The predicted molar refractivity (Wildman–Crippen MR) is 95.3 cm³/mol. The first-order chi connectivity index (χ1) is 10.5. The maximum Gasteiger partial charge on any atom is 0.0983 e. The van der Waals surface area contributed by atoms with E-state index in [-0.39, 0.29) is 23.9 Å². The van der Waals surface area contributed by atoms with Gasteiger partial charge in [0.25, 0.3) is 0 Å². The lowest BCUT2D eigenvalue weighted by molar-refractivity contribution is 0.0900. The highest BCUT2D eigenvalue weighted by Crippen LogP contribution is 2.30. The second-order valence-electron chi connectivity index (χ2n) is 7.01. The Morgan fingerprint density at radius 2 is 2.17 bits per heavy atom. The number of rotatable bonds is 3. The Labute approximate surface area is 144 Å². The summed E-state index contributed by atoms with van der Waals surface area (Å²) in [6, 6.07) is 4.31. The average Bonchev–Trinajstić information content (AvgIpc) is 2.84. The van der Waals surface area contributed by atoms with Crippen LogP contribution in [0, 0.1) is 5.41 Å². The van der Waals surface area contributed by atoms with Gasteiger partial charge >= 0.3 is 0 Å². The molecule has 1 atom stereocenters. The minimum atomic E-state index is 0. The van der Waals surface area contributed by atoms with Gasteiger partial charge in [-0.05, 0) is 24.0 Å². The molecule has 1 aliphatic heterocycles. The molecule has 0 saturated carbocycles. The first-order valence-corrected chi connectivity index (χ1v) is 7.86. The minimum Gasteiger partial charge on any atom is -0.327 e. The van der Waals surface area contributed by atoms with E-state index in [2.05, 4.69) is 41.1 Å². The van der Waals surface area contributed by atoms with E-state index in [9.17, 15) is 0 Å². The van der Waals surface area contributed by atoms with Crippen molar-refractivity contribution in [1.29, 1.82) is 0 Å². The minimum absolute atomic E-state index is 0. The monoisotopic (exact) mass is 335 g/mol. The topological polar surface area (TPSA) is 60.0 Å².